The number of nitrogens with one attached hydrogen (secondary N) is 2. The van der Waals surface area contributed by atoms with Crippen molar-refractivity contribution in [1.82, 2.24) is 15.3 Å². The highest BCUT2D eigenvalue weighted by Gasteiger charge is 2.38. The van der Waals surface area contributed by atoms with Crippen LogP contribution in [0.2, 0.25) is 0 Å². The van der Waals surface area contributed by atoms with E-state index in [1.807, 2.05) is 6.07 Å². The van der Waals surface area contributed by atoms with Crippen molar-refractivity contribution < 1.29 is 32.3 Å². The number of halogens is 4. The average Bonchev–Trinajstić information content (AvgIpc) is 2.71. The average molecular weight is 429 g/mol. The Labute approximate surface area is 168 Å². The molecule has 30 heavy (non-hydrogen) atoms. The second-order valence-electron chi connectivity index (χ2n) is 6.16. The number of piperazine rings is 1. The molecular formula is C18H19F4N5O3. The number of anilines is 2. The Morgan fingerprint density at radius 3 is 2.30 bits per heavy atom. The maximum Gasteiger partial charge on any atom is 0.490 e. The van der Waals surface area contributed by atoms with E-state index in [9.17, 15) is 22.4 Å². The fraction of sp³-hybridized carbons (Fsp3) is 0.333. The normalized spacial score (nSPS) is 13.8. The number of carbonyl (C=O) groups excluding carboxylic acids is 1. The van der Waals surface area contributed by atoms with E-state index in [0.717, 1.165) is 31.9 Å². The largest absolute Gasteiger partial charge is 0.490 e. The molecule has 2 aromatic heterocycles. The summed E-state index contributed by atoms with van der Waals surface area (Å²) in [5.74, 6) is -3.15. The van der Waals surface area contributed by atoms with Crippen molar-refractivity contribution in [3.8, 4) is 0 Å². The zero-order valence-electron chi connectivity index (χ0n) is 15.8. The maximum absolute atomic E-state index is 13.2. The van der Waals surface area contributed by atoms with Crippen LogP contribution in [0.25, 0.3) is 0 Å². The van der Waals surface area contributed by atoms with E-state index in [2.05, 4.69) is 25.5 Å². The Balaban J connectivity index is 0.000000396. The van der Waals surface area contributed by atoms with Crippen LogP contribution in [-0.4, -0.2) is 59.3 Å². The molecule has 0 aliphatic carbocycles. The molecule has 3 heterocycles. The summed E-state index contributed by atoms with van der Waals surface area (Å²) in [6.45, 7) is 5.30. The molecule has 0 aromatic carbocycles. The zero-order valence-corrected chi connectivity index (χ0v) is 15.8. The van der Waals surface area contributed by atoms with Gasteiger partial charge in [-0.25, -0.2) is 19.2 Å². The molecule has 0 bridgehead atoms. The van der Waals surface area contributed by atoms with Gasteiger partial charge in [-0.05, 0) is 31.2 Å². The van der Waals surface area contributed by atoms with Crippen LogP contribution in [-0.2, 0) is 4.79 Å². The van der Waals surface area contributed by atoms with Crippen LogP contribution < -0.4 is 15.5 Å². The van der Waals surface area contributed by atoms with Gasteiger partial charge in [-0.15, -0.1) is 0 Å². The number of hydrogen-bond donors (Lipinski definition) is 3. The third-order valence-corrected chi connectivity index (χ3v) is 3.97. The fourth-order valence-corrected chi connectivity index (χ4v) is 2.42. The van der Waals surface area contributed by atoms with E-state index in [4.69, 9.17) is 9.90 Å². The van der Waals surface area contributed by atoms with Crippen molar-refractivity contribution >= 4 is 23.4 Å². The van der Waals surface area contributed by atoms with Gasteiger partial charge in [0.2, 0.25) is 0 Å². The molecular weight excluding hydrogens is 410 g/mol. The molecule has 0 unspecified atom stereocenters. The summed E-state index contributed by atoms with van der Waals surface area (Å²) >= 11 is 0. The first-order valence-electron chi connectivity index (χ1n) is 8.74. The lowest BCUT2D eigenvalue weighted by molar-refractivity contribution is -0.192. The minimum atomic E-state index is -5.08. The van der Waals surface area contributed by atoms with Crippen LogP contribution in [0.4, 0.5) is 29.1 Å². The molecule has 1 aliphatic heterocycles. The third-order valence-electron chi connectivity index (χ3n) is 3.97. The summed E-state index contributed by atoms with van der Waals surface area (Å²) in [5, 5.41) is 13.1. The van der Waals surface area contributed by atoms with Gasteiger partial charge in [-0.1, -0.05) is 0 Å². The summed E-state index contributed by atoms with van der Waals surface area (Å²) in [6.07, 6.45) is -3.34. The van der Waals surface area contributed by atoms with Crippen LogP contribution in [0.15, 0.2) is 30.5 Å². The lowest BCUT2D eigenvalue weighted by Crippen LogP contribution is -2.43. The number of aryl methyl sites for hydroxylation is 1. The monoisotopic (exact) mass is 429 g/mol. The van der Waals surface area contributed by atoms with Crippen LogP contribution in [0.3, 0.4) is 0 Å². The number of amides is 1. The van der Waals surface area contributed by atoms with Gasteiger partial charge in [-0.3, -0.25) is 4.79 Å². The molecule has 1 fully saturated rings. The predicted molar refractivity (Wildman–Crippen MR) is 99.9 cm³/mol. The number of nitrogens with zero attached hydrogens (tertiary/aromatic N) is 3. The summed E-state index contributed by atoms with van der Waals surface area (Å²) in [5.41, 5.74) is 1.39. The van der Waals surface area contributed by atoms with Crippen LogP contribution in [0.5, 0.6) is 0 Å². The minimum absolute atomic E-state index is 0.164. The van der Waals surface area contributed by atoms with Crippen molar-refractivity contribution in [2.45, 2.75) is 13.1 Å². The third kappa shape index (κ3) is 6.65. The first-order chi connectivity index (χ1) is 14.1. The highest BCUT2D eigenvalue weighted by Crippen LogP contribution is 2.16. The van der Waals surface area contributed by atoms with E-state index >= 15 is 0 Å². The molecule has 0 saturated carbocycles. The number of carbonyl (C=O) groups is 2. The van der Waals surface area contributed by atoms with Crippen molar-refractivity contribution in [2.75, 3.05) is 36.4 Å². The highest BCUT2D eigenvalue weighted by atomic mass is 19.4. The molecule has 0 spiro atoms. The first kappa shape index (κ1) is 23.0. The van der Waals surface area contributed by atoms with E-state index in [0.29, 0.717) is 5.82 Å². The number of carboxylic acids is 1. The number of pyridine rings is 2. The van der Waals surface area contributed by atoms with Gasteiger partial charge < -0.3 is 20.6 Å². The van der Waals surface area contributed by atoms with Gasteiger partial charge in [-0.2, -0.15) is 13.2 Å². The van der Waals surface area contributed by atoms with Crippen LogP contribution in [0.1, 0.15) is 16.2 Å². The molecule has 162 valence electrons. The van der Waals surface area contributed by atoms with Crippen LogP contribution >= 0.6 is 0 Å². The van der Waals surface area contributed by atoms with E-state index in [1.54, 1.807) is 12.3 Å². The van der Waals surface area contributed by atoms with E-state index in [-0.39, 0.29) is 11.4 Å². The predicted octanol–water partition coefficient (Wildman–Crippen LogP) is 2.22. The Morgan fingerprint density at radius 1 is 1.17 bits per heavy atom. The Hall–Kier alpha value is -3.28. The topological polar surface area (TPSA) is 107 Å². The molecule has 12 heteroatoms. The fourth-order valence-electron chi connectivity index (χ4n) is 2.42. The zero-order chi connectivity index (χ0) is 22.3. The van der Waals surface area contributed by atoms with Gasteiger partial charge in [0, 0.05) is 26.2 Å². The maximum atomic E-state index is 13.2. The summed E-state index contributed by atoms with van der Waals surface area (Å²) < 4.78 is 44.9. The minimum Gasteiger partial charge on any atom is -0.475 e. The van der Waals surface area contributed by atoms with Gasteiger partial charge in [0.15, 0.2) is 0 Å². The molecule has 1 amide bonds. The standard InChI is InChI=1S/C16H18FN5O.C2HF3O2/c1-11-13(17)3-4-14(20-11)16(23)21-15-5-2-12(10-19-15)22-8-6-18-7-9-22;3-2(4,5)1(6)7/h2-5,10,18H,6-9H2,1H3,(H,19,21,23);(H,6,7). The summed E-state index contributed by atoms with van der Waals surface area (Å²) in [4.78, 5) is 31.4. The first-order valence-corrected chi connectivity index (χ1v) is 8.74. The Morgan fingerprint density at radius 2 is 1.80 bits per heavy atom. The SMILES string of the molecule is Cc1nc(C(=O)Nc2ccc(N3CCNCC3)cn2)ccc1F.O=C(O)C(F)(F)F. The second-order valence-corrected chi connectivity index (χ2v) is 6.16. The summed E-state index contributed by atoms with van der Waals surface area (Å²) in [7, 11) is 0. The smallest absolute Gasteiger partial charge is 0.475 e. The van der Waals surface area contributed by atoms with Crippen molar-refractivity contribution in [1.29, 1.82) is 0 Å². The van der Waals surface area contributed by atoms with Crippen molar-refractivity contribution in [3.63, 3.8) is 0 Å². The quantitative estimate of drug-likeness (QED) is 0.643. The Bertz CT molecular complexity index is 884. The van der Waals surface area contributed by atoms with E-state index in [1.165, 1.54) is 19.1 Å². The lowest BCUT2D eigenvalue weighted by atomic mass is 10.3. The van der Waals surface area contributed by atoms with Crippen molar-refractivity contribution in [2.24, 2.45) is 0 Å². The van der Waals surface area contributed by atoms with Gasteiger partial charge >= 0.3 is 12.1 Å². The molecule has 3 N–H and O–H groups in total. The van der Waals surface area contributed by atoms with Gasteiger partial charge in [0.25, 0.3) is 5.91 Å². The summed E-state index contributed by atoms with van der Waals surface area (Å²) in [6, 6.07) is 6.27. The number of hydrogen-bond acceptors (Lipinski definition) is 6. The molecule has 1 aliphatic rings. The number of aromatic nitrogens is 2. The number of rotatable bonds is 3. The van der Waals surface area contributed by atoms with Crippen molar-refractivity contribution in [3.05, 3.63) is 47.7 Å². The molecule has 1 saturated heterocycles. The number of carboxylic acid groups (broad SMARTS) is 1. The molecule has 3 rings (SSSR count). The molecule has 0 radical (unpaired) electrons. The molecule has 2 aromatic rings. The molecule has 8 nitrogen and oxygen atoms in total. The number of alkyl halides is 3. The second kappa shape index (κ2) is 9.96. The molecule has 0 atom stereocenters. The van der Waals surface area contributed by atoms with E-state index < -0.39 is 23.9 Å². The Kier molecular flexibility index (Phi) is 7.64. The van der Waals surface area contributed by atoms with Gasteiger partial charge in [0.1, 0.15) is 17.3 Å². The van der Waals surface area contributed by atoms with Crippen LogP contribution in [0, 0.1) is 12.7 Å². The lowest BCUT2D eigenvalue weighted by Gasteiger charge is -2.29. The van der Waals surface area contributed by atoms with Gasteiger partial charge in [0.05, 0.1) is 17.6 Å². The number of aliphatic carboxylic acids is 1. The highest BCUT2D eigenvalue weighted by molar-refractivity contribution is 6.02.